The van der Waals surface area contributed by atoms with E-state index in [9.17, 15) is 15.3 Å². The van der Waals surface area contributed by atoms with Crippen LogP contribution in [0.5, 0.6) is 5.75 Å². The topological polar surface area (TPSA) is 88.7 Å². The van der Waals surface area contributed by atoms with Gasteiger partial charge in [-0.3, -0.25) is 9.98 Å². The number of anilines is 1. The summed E-state index contributed by atoms with van der Waals surface area (Å²) in [5, 5.41) is 34.6. The van der Waals surface area contributed by atoms with Gasteiger partial charge in [-0.15, -0.1) is 11.8 Å². The normalized spacial score (nSPS) is 40.3. The number of aromatic hydroxyl groups is 1. The van der Waals surface area contributed by atoms with Gasteiger partial charge in [0.05, 0.1) is 29.4 Å². The van der Waals surface area contributed by atoms with Crippen LogP contribution in [0.2, 0.25) is 0 Å². The highest BCUT2D eigenvalue weighted by Crippen LogP contribution is 2.63. The fourth-order valence-electron chi connectivity index (χ4n) is 5.81. The Morgan fingerprint density at radius 2 is 2.20 bits per heavy atom. The van der Waals surface area contributed by atoms with Crippen molar-refractivity contribution in [3.05, 3.63) is 27.1 Å². The van der Waals surface area contributed by atoms with E-state index in [1.54, 1.807) is 11.8 Å². The quantitative estimate of drug-likeness (QED) is 0.601. The Morgan fingerprint density at radius 3 is 3.08 bits per heavy atom. The monoisotopic (exact) mass is 353 g/mol. The molecular weight excluding hydrogens is 338 g/mol. The van der Waals surface area contributed by atoms with Gasteiger partial charge < -0.3 is 20.2 Å². The third kappa shape index (κ3) is 1.19. The van der Waals surface area contributed by atoms with Crippen molar-refractivity contribution >= 4 is 34.9 Å². The Hall–Kier alpha value is -1.83. The molecule has 126 valence electrons. The Balaban J connectivity index is 1.78. The van der Waals surface area contributed by atoms with Crippen LogP contribution in [0.25, 0.3) is 5.57 Å². The Labute approximate surface area is 146 Å². The summed E-state index contributed by atoms with van der Waals surface area (Å²) in [6.45, 7) is 0.736. The Bertz CT molecular complexity index is 1090. The van der Waals surface area contributed by atoms with Gasteiger partial charge in [-0.2, -0.15) is 0 Å². The molecule has 0 saturated carbocycles. The predicted octanol–water partition coefficient (Wildman–Crippen LogP) is -0.196. The van der Waals surface area contributed by atoms with E-state index < -0.39 is 17.6 Å². The highest BCUT2D eigenvalue weighted by Gasteiger charge is 2.64. The first kappa shape index (κ1) is 13.4. The van der Waals surface area contributed by atoms with Crippen molar-refractivity contribution in [1.29, 1.82) is 0 Å². The van der Waals surface area contributed by atoms with Crippen molar-refractivity contribution < 1.29 is 15.3 Å². The van der Waals surface area contributed by atoms with Crippen LogP contribution < -0.4 is 15.5 Å². The molecule has 3 N–H and O–H groups in total. The van der Waals surface area contributed by atoms with Crippen LogP contribution in [0.4, 0.5) is 11.4 Å². The number of thioether (sulfide) groups is 1. The van der Waals surface area contributed by atoms with Crippen molar-refractivity contribution in [3.8, 4) is 5.75 Å². The first-order chi connectivity index (χ1) is 12.1. The summed E-state index contributed by atoms with van der Waals surface area (Å²) in [7, 11) is 0. The summed E-state index contributed by atoms with van der Waals surface area (Å²) in [6.07, 6.45) is 3.90. The van der Waals surface area contributed by atoms with Gasteiger partial charge >= 0.3 is 0 Å². The van der Waals surface area contributed by atoms with Crippen LogP contribution in [-0.2, 0) is 5.41 Å². The van der Waals surface area contributed by atoms with Gasteiger partial charge in [0.15, 0.2) is 5.75 Å². The molecule has 0 amide bonds. The molecule has 1 aromatic rings. The zero-order chi connectivity index (χ0) is 16.7. The molecule has 1 fully saturated rings. The minimum atomic E-state index is -0.701. The molecule has 5 heterocycles. The highest BCUT2D eigenvalue weighted by molar-refractivity contribution is 8.04. The van der Waals surface area contributed by atoms with E-state index in [0.717, 1.165) is 46.3 Å². The molecule has 7 rings (SSSR count). The van der Waals surface area contributed by atoms with E-state index >= 15 is 0 Å². The maximum atomic E-state index is 11.4. The second-order valence-electron chi connectivity index (χ2n) is 7.71. The molecular formula is C18H15N3O3S. The number of nitrogens with zero attached hydrogens (tertiary/aromatic N) is 3. The van der Waals surface area contributed by atoms with Crippen molar-refractivity contribution in [3.63, 3.8) is 0 Å². The van der Waals surface area contributed by atoms with Crippen LogP contribution in [-0.4, -0.2) is 51.7 Å². The number of phenolic OH excluding ortho intramolecular Hbond substituents is 1. The van der Waals surface area contributed by atoms with Gasteiger partial charge in [-0.25, -0.2) is 0 Å². The number of hydrogen-bond donors (Lipinski definition) is 3. The smallest absolute Gasteiger partial charge is 0.167 e. The summed E-state index contributed by atoms with van der Waals surface area (Å²) < 4.78 is 0. The molecule has 1 spiro atoms. The number of fused-ring (bicyclic) bond motifs is 3. The van der Waals surface area contributed by atoms with E-state index in [0.29, 0.717) is 11.0 Å². The van der Waals surface area contributed by atoms with Crippen molar-refractivity contribution in [1.82, 2.24) is 0 Å². The molecule has 3 bridgehead atoms. The van der Waals surface area contributed by atoms with E-state index in [1.165, 1.54) is 0 Å². The number of aliphatic imine (C=N–C) groups is 1. The summed E-state index contributed by atoms with van der Waals surface area (Å²) >= 11 is 1.61. The maximum absolute atomic E-state index is 11.4. The molecule has 1 unspecified atom stereocenters. The summed E-state index contributed by atoms with van der Waals surface area (Å²) in [4.78, 5) is 12.4. The first-order valence-corrected chi connectivity index (χ1v) is 9.55. The zero-order valence-electron chi connectivity index (χ0n) is 13.2. The number of benzene rings is 1. The SMILES string of the molecule is Oc1c2c3c4c5c1=N[C@@H]1C[C@]56C(=C[C@@H](O)C([C@@H]6O)N4CCC=3C=N2)S1. The molecule has 6 nitrogen and oxygen atoms in total. The highest BCUT2D eigenvalue weighted by atomic mass is 32.2. The molecule has 1 aromatic carbocycles. The second-order valence-corrected chi connectivity index (χ2v) is 8.92. The van der Waals surface area contributed by atoms with Gasteiger partial charge in [0.2, 0.25) is 0 Å². The number of phenols is 1. The molecule has 0 radical (unpaired) electrons. The van der Waals surface area contributed by atoms with Gasteiger partial charge in [-0.1, -0.05) is 0 Å². The standard InChI is InChI=1S/C18H15N3O3S/c22-7-3-8-18-4-9(25-8)20-13-11(18)15-10-6(5-19-12(10)16(13)23)1-2-21(15)14(7)17(18)24/h3,5,7,9,14,17,22-24H,1-2,4H2/t7-,9+,14?,17+,18+/m1/s1. The van der Waals surface area contributed by atoms with E-state index in [2.05, 4.69) is 9.89 Å². The van der Waals surface area contributed by atoms with Crippen LogP contribution in [0.3, 0.4) is 0 Å². The van der Waals surface area contributed by atoms with Gasteiger partial charge in [-0.05, 0) is 29.4 Å². The Morgan fingerprint density at radius 1 is 1.32 bits per heavy atom. The Kier molecular flexibility index (Phi) is 2.03. The molecule has 5 atom stereocenters. The van der Waals surface area contributed by atoms with Crippen LogP contribution >= 0.6 is 11.8 Å². The fraction of sp³-hybridized carbons (Fsp3) is 0.444. The van der Waals surface area contributed by atoms with E-state index in [1.807, 2.05) is 12.3 Å². The van der Waals surface area contributed by atoms with Gasteiger partial charge in [0.25, 0.3) is 0 Å². The average Bonchev–Trinajstić information content (AvgIpc) is 3.13. The lowest BCUT2D eigenvalue weighted by atomic mass is 9.61. The summed E-state index contributed by atoms with van der Waals surface area (Å²) in [5.74, 6) is 0.143. The third-order valence-electron chi connectivity index (χ3n) is 6.75. The molecule has 6 aliphatic rings. The predicted molar refractivity (Wildman–Crippen MR) is 94.0 cm³/mol. The third-order valence-corrected chi connectivity index (χ3v) is 8.05. The van der Waals surface area contributed by atoms with E-state index in [4.69, 9.17) is 4.99 Å². The summed E-state index contributed by atoms with van der Waals surface area (Å²) in [5.41, 5.74) is 3.19. The minimum Gasteiger partial charge on any atom is -0.504 e. The molecule has 1 saturated heterocycles. The van der Waals surface area contributed by atoms with Crippen molar-refractivity contribution in [2.75, 3.05) is 11.4 Å². The van der Waals surface area contributed by atoms with Crippen molar-refractivity contribution in [2.45, 2.75) is 41.9 Å². The number of hydrogen-bond acceptors (Lipinski definition) is 7. The van der Waals surface area contributed by atoms with Gasteiger partial charge in [0, 0.05) is 23.5 Å². The van der Waals surface area contributed by atoms with Crippen molar-refractivity contribution in [2.24, 2.45) is 9.98 Å². The van der Waals surface area contributed by atoms with E-state index in [-0.39, 0.29) is 17.2 Å². The fourth-order valence-corrected chi connectivity index (χ4v) is 7.34. The minimum absolute atomic E-state index is 0.0283. The van der Waals surface area contributed by atoms with Crippen LogP contribution in [0, 0.1) is 0 Å². The molecule has 25 heavy (non-hydrogen) atoms. The number of aliphatic hydroxyl groups excluding tert-OH is 2. The number of aliphatic hydroxyl groups is 2. The lowest BCUT2D eigenvalue weighted by Gasteiger charge is -2.55. The molecule has 7 heteroatoms. The largest absolute Gasteiger partial charge is 0.504 e. The molecule has 5 aliphatic heterocycles. The summed E-state index contributed by atoms with van der Waals surface area (Å²) in [6, 6.07) is -0.350. The van der Waals surface area contributed by atoms with Crippen LogP contribution in [0.15, 0.2) is 21.0 Å². The first-order valence-electron chi connectivity index (χ1n) is 8.67. The second kappa shape index (κ2) is 3.79. The van der Waals surface area contributed by atoms with Gasteiger partial charge in [0.1, 0.15) is 16.4 Å². The average molecular weight is 353 g/mol. The zero-order valence-corrected chi connectivity index (χ0v) is 14.0. The lowest BCUT2D eigenvalue weighted by Crippen LogP contribution is -2.68. The maximum Gasteiger partial charge on any atom is 0.167 e. The van der Waals surface area contributed by atoms with Crippen LogP contribution in [0.1, 0.15) is 18.4 Å². The lowest BCUT2D eigenvalue weighted by molar-refractivity contribution is 0.0102. The molecule has 1 aliphatic carbocycles. The molecule has 0 aromatic heterocycles. The number of rotatable bonds is 0.